The molecule has 5 nitrogen and oxygen atoms in total. The third-order valence-corrected chi connectivity index (χ3v) is 3.20. The van der Waals surface area contributed by atoms with Crippen molar-refractivity contribution in [3.8, 4) is 0 Å². The first-order valence-electron chi connectivity index (χ1n) is 6.81. The molecule has 0 aliphatic carbocycles. The Labute approximate surface area is 108 Å². The number of hydrogen-bond acceptors (Lipinski definition) is 4. The Kier molecular flexibility index (Phi) is 5.16. The molecule has 1 N–H and O–H groups in total. The summed E-state index contributed by atoms with van der Waals surface area (Å²) in [7, 11) is 0. The minimum Gasteiger partial charge on any atom is -0.376 e. The SMILES string of the molecule is CCCNC(c1ccnn1CC)C1COCCO1. The smallest absolute Gasteiger partial charge is 0.102 e. The van der Waals surface area contributed by atoms with Gasteiger partial charge in [-0.25, -0.2) is 0 Å². The Morgan fingerprint density at radius 3 is 3.06 bits per heavy atom. The van der Waals surface area contributed by atoms with Gasteiger partial charge in [0.15, 0.2) is 0 Å². The van der Waals surface area contributed by atoms with Crippen LogP contribution in [0, 0.1) is 0 Å². The first-order chi connectivity index (χ1) is 8.86. The lowest BCUT2D eigenvalue weighted by Crippen LogP contribution is -2.41. The Bertz CT molecular complexity index is 348. The van der Waals surface area contributed by atoms with Crippen molar-refractivity contribution >= 4 is 0 Å². The number of nitrogens with one attached hydrogen (secondary N) is 1. The standard InChI is InChI=1S/C13H23N3O2/c1-3-6-14-13(12-10-17-8-9-18-12)11-5-7-15-16(11)4-2/h5,7,12-14H,3-4,6,8-10H2,1-2H3. The number of hydrogen-bond donors (Lipinski definition) is 1. The maximum atomic E-state index is 5.83. The Morgan fingerprint density at radius 1 is 1.50 bits per heavy atom. The lowest BCUT2D eigenvalue weighted by Gasteiger charge is -2.31. The van der Waals surface area contributed by atoms with Gasteiger partial charge in [-0.2, -0.15) is 5.10 Å². The molecule has 0 spiro atoms. The molecule has 1 aliphatic rings. The Morgan fingerprint density at radius 2 is 2.39 bits per heavy atom. The predicted octanol–water partition coefficient (Wildman–Crippen LogP) is 1.36. The quantitative estimate of drug-likeness (QED) is 0.831. The minimum atomic E-state index is 0.0762. The van der Waals surface area contributed by atoms with Gasteiger partial charge in [-0.05, 0) is 26.0 Å². The molecular weight excluding hydrogens is 230 g/mol. The van der Waals surface area contributed by atoms with Crippen molar-refractivity contribution in [3.05, 3.63) is 18.0 Å². The van der Waals surface area contributed by atoms with E-state index < -0.39 is 0 Å². The molecule has 1 aromatic rings. The maximum Gasteiger partial charge on any atom is 0.102 e. The molecule has 2 rings (SSSR count). The molecule has 2 unspecified atom stereocenters. The zero-order chi connectivity index (χ0) is 12.8. The minimum absolute atomic E-state index is 0.0762. The van der Waals surface area contributed by atoms with E-state index in [1.54, 1.807) is 0 Å². The topological polar surface area (TPSA) is 48.3 Å². The number of nitrogens with zero attached hydrogens (tertiary/aromatic N) is 2. The van der Waals surface area contributed by atoms with Crippen LogP contribution in [0.1, 0.15) is 32.0 Å². The van der Waals surface area contributed by atoms with Crippen molar-refractivity contribution in [2.75, 3.05) is 26.4 Å². The Balaban J connectivity index is 2.12. The molecule has 0 amide bonds. The second-order valence-corrected chi connectivity index (χ2v) is 4.49. The van der Waals surface area contributed by atoms with Crippen molar-refractivity contribution < 1.29 is 9.47 Å². The van der Waals surface area contributed by atoms with E-state index in [1.165, 1.54) is 5.69 Å². The van der Waals surface area contributed by atoms with Crippen LogP contribution in [0.4, 0.5) is 0 Å². The van der Waals surface area contributed by atoms with Crippen molar-refractivity contribution in [2.45, 2.75) is 39.0 Å². The molecule has 0 saturated carbocycles. The summed E-state index contributed by atoms with van der Waals surface area (Å²) in [4.78, 5) is 0. The largest absolute Gasteiger partial charge is 0.376 e. The van der Waals surface area contributed by atoms with Gasteiger partial charge >= 0.3 is 0 Å². The molecule has 0 aromatic carbocycles. The second kappa shape index (κ2) is 6.87. The molecule has 1 fully saturated rings. The first-order valence-corrected chi connectivity index (χ1v) is 6.81. The monoisotopic (exact) mass is 253 g/mol. The number of rotatable bonds is 6. The van der Waals surface area contributed by atoms with E-state index in [2.05, 4.69) is 30.3 Å². The van der Waals surface area contributed by atoms with Crippen LogP contribution in [0.3, 0.4) is 0 Å². The second-order valence-electron chi connectivity index (χ2n) is 4.49. The van der Waals surface area contributed by atoms with Crippen molar-refractivity contribution in [1.82, 2.24) is 15.1 Å². The van der Waals surface area contributed by atoms with Gasteiger partial charge in [0.05, 0.1) is 31.6 Å². The van der Waals surface area contributed by atoms with Gasteiger partial charge in [0.1, 0.15) is 6.10 Å². The normalized spacial score (nSPS) is 22.0. The van der Waals surface area contributed by atoms with Crippen LogP contribution in [0.15, 0.2) is 12.3 Å². The van der Waals surface area contributed by atoms with Crippen molar-refractivity contribution in [1.29, 1.82) is 0 Å². The third-order valence-electron chi connectivity index (χ3n) is 3.20. The zero-order valence-corrected chi connectivity index (χ0v) is 11.3. The van der Waals surface area contributed by atoms with E-state index in [0.717, 1.165) is 19.5 Å². The molecule has 1 saturated heterocycles. The summed E-state index contributed by atoms with van der Waals surface area (Å²) in [5.41, 5.74) is 1.18. The van der Waals surface area contributed by atoms with Crippen LogP contribution in [-0.4, -0.2) is 42.2 Å². The highest BCUT2D eigenvalue weighted by Gasteiger charge is 2.28. The molecule has 0 radical (unpaired) electrons. The van der Waals surface area contributed by atoms with Gasteiger partial charge in [-0.15, -0.1) is 0 Å². The van der Waals surface area contributed by atoms with Gasteiger partial charge in [-0.3, -0.25) is 4.68 Å². The average Bonchev–Trinajstić information content (AvgIpc) is 2.89. The van der Waals surface area contributed by atoms with E-state index in [9.17, 15) is 0 Å². The van der Waals surface area contributed by atoms with Gasteiger partial charge in [-0.1, -0.05) is 6.92 Å². The van der Waals surface area contributed by atoms with Crippen LogP contribution >= 0.6 is 0 Å². The number of aryl methyl sites for hydroxylation is 1. The molecule has 2 atom stereocenters. The molecule has 2 heterocycles. The summed E-state index contributed by atoms with van der Waals surface area (Å²) in [5, 5.41) is 7.89. The number of aromatic nitrogens is 2. The van der Waals surface area contributed by atoms with E-state index in [4.69, 9.17) is 9.47 Å². The Hall–Kier alpha value is -0.910. The molecule has 1 aromatic heterocycles. The van der Waals surface area contributed by atoms with E-state index in [1.807, 2.05) is 10.9 Å². The third kappa shape index (κ3) is 3.10. The van der Waals surface area contributed by atoms with Crippen LogP contribution in [-0.2, 0) is 16.0 Å². The van der Waals surface area contributed by atoms with Crippen LogP contribution < -0.4 is 5.32 Å². The summed E-state index contributed by atoms with van der Waals surface area (Å²) in [6.45, 7) is 8.14. The van der Waals surface area contributed by atoms with Gasteiger partial charge in [0.2, 0.25) is 0 Å². The van der Waals surface area contributed by atoms with Crippen LogP contribution in [0.5, 0.6) is 0 Å². The summed E-state index contributed by atoms with van der Waals surface area (Å²) < 4.78 is 13.4. The van der Waals surface area contributed by atoms with Crippen molar-refractivity contribution in [3.63, 3.8) is 0 Å². The highest BCUT2D eigenvalue weighted by atomic mass is 16.6. The fourth-order valence-electron chi connectivity index (χ4n) is 2.30. The fourth-order valence-corrected chi connectivity index (χ4v) is 2.30. The number of ether oxygens (including phenoxy) is 2. The molecule has 1 aliphatic heterocycles. The summed E-state index contributed by atoms with van der Waals surface area (Å²) in [6.07, 6.45) is 3.03. The predicted molar refractivity (Wildman–Crippen MR) is 69.5 cm³/mol. The molecule has 18 heavy (non-hydrogen) atoms. The molecule has 5 heteroatoms. The summed E-state index contributed by atoms with van der Waals surface area (Å²) >= 11 is 0. The lowest BCUT2D eigenvalue weighted by molar-refractivity contribution is -0.103. The summed E-state index contributed by atoms with van der Waals surface area (Å²) in [5.74, 6) is 0. The summed E-state index contributed by atoms with van der Waals surface area (Å²) in [6, 6.07) is 2.22. The lowest BCUT2D eigenvalue weighted by atomic mass is 10.1. The van der Waals surface area contributed by atoms with Gasteiger partial charge < -0.3 is 14.8 Å². The van der Waals surface area contributed by atoms with Crippen LogP contribution in [0.2, 0.25) is 0 Å². The van der Waals surface area contributed by atoms with E-state index in [0.29, 0.717) is 19.8 Å². The molecule has 0 bridgehead atoms. The molecular formula is C13H23N3O2. The highest BCUT2D eigenvalue weighted by Crippen LogP contribution is 2.21. The first kappa shape index (κ1) is 13.5. The zero-order valence-electron chi connectivity index (χ0n) is 11.3. The average molecular weight is 253 g/mol. The van der Waals surface area contributed by atoms with Crippen molar-refractivity contribution in [2.24, 2.45) is 0 Å². The van der Waals surface area contributed by atoms with Gasteiger partial charge in [0, 0.05) is 12.7 Å². The van der Waals surface area contributed by atoms with Gasteiger partial charge in [0.25, 0.3) is 0 Å². The maximum absolute atomic E-state index is 5.83. The highest BCUT2D eigenvalue weighted by molar-refractivity contribution is 5.09. The van der Waals surface area contributed by atoms with E-state index >= 15 is 0 Å². The fraction of sp³-hybridized carbons (Fsp3) is 0.769. The van der Waals surface area contributed by atoms with E-state index in [-0.39, 0.29) is 12.1 Å². The van der Waals surface area contributed by atoms with Crippen LogP contribution in [0.25, 0.3) is 0 Å². The molecule has 102 valence electrons.